The highest BCUT2D eigenvalue weighted by molar-refractivity contribution is 5.77. The first-order chi connectivity index (χ1) is 12.9. The van der Waals surface area contributed by atoms with E-state index in [0.717, 1.165) is 31.5 Å². The van der Waals surface area contributed by atoms with Gasteiger partial charge in [-0.15, -0.1) is 0 Å². The number of nitrogens with zero attached hydrogens (tertiary/aromatic N) is 1. The van der Waals surface area contributed by atoms with Gasteiger partial charge in [0.25, 0.3) is 5.91 Å². The molecule has 0 unspecified atom stereocenters. The average molecular weight is 380 g/mol. The number of benzene rings is 1. The van der Waals surface area contributed by atoms with Crippen molar-refractivity contribution < 1.29 is 28.7 Å². The summed E-state index contributed by atoms with van der Waals surface area (Å²) in [4.78, 5) is 26.7. The van der Waals surface area contributed by atoms with Crippen LogP contribution in [0.5, 0.6) is 17.2 Å². The molecule has 0 spiro atoms. The Hall–Kier alpha value is -2.48. The smallest absolute Gasteiger partial charge is 0.277 e. The van der Waals surface area contributed by atoms with E-state index in [1.54, 1.807) is 39.3 Å². The number of piperidine rings is 1. The SMILES string of the molecule is COc1ccc(CN(C)C(=O)C[NH+]2CCC(C(N)=O)CC2)c(OC)c1OC. The summed E-state index contributed by atoms with van der Waals surface area (Å²) in [5.74, 6) is 1.40. The maximum Gasteiger partial charge on any atom is 0.277 e. The molecule has 8 nitrogen and oxygen atoms in total. The van der Waals surface area contributed by atoms with E-state index in [1.807, 2.05) is 6.07 Å². The fraction of sp³-hybridized carbons (Fsp3) is 0.579. The van der Waals surface area contributed by atoms with Crippen LogP contribution in [0.4, 0.5) is 0 Å². The van der Waals surface area contributed by atoms with Crippen LogP contribution in [0, 0.1) is 5.92 Å². The van der Waals surface area contributed by atoms with Gasteiger partial charge in [-0.05, 0) is 12.1 Å². The first-order valence-electron chi connectivity index (χ1n) is 9.05. The molecule has 0 aliphatic carbocycles. The zero-order valence-corrected chi connectivity index (χ0v) is 16.5. The highest BCUT2D eigenvalue weighted by Crippen LogP contribution is 2.40. The zero-order chi connectivity index (χ0) is 20.0. The second-order valence-electron chi connectivity index (χ2n) is 6.85. The number of nitrogens with one attached hydrogen (secondary N) is 1. The van der Waals surface area contributed by atoms with Crippen LogP contribution in [0.1, 0.15) is 18.4 Å². The van der Waals surface area contributed by atoms with Crippen LogP contribution >= 0.6 is 0 Å². The fourth-order valence-corrected chi connectivity index (χ4v) is 3.47. The van der Waals surface area contributed by atoms with Crippen LogP contribution < -0.4 is 24.8 Å². The zero-order valence-electron chi connectivity index (χ0n) is 16.5. The number of carbonyl (C=O) groups is 2. The molecule has 0 aromatic heterocycles. The Bertz CT molecular complexity index is 672. The second kappa shape index (κ2) is 9.45. The van der Waals surface area contributed by atoms with Crippen molar-refractivity contribution in [2.24, 2.45) is 11.7 Å². The number of rotatable bonds is 8. The van der Waals surface area contributed by atoms with Gasteiger partial charge >= 0.3 is 0 Å². The lowest BCUT2D eigenvalue weighted by Gasteiger charge is -2.28. The molecular formula is C19H30N3O5+. The van der Waals surface area contributed by atoms with E-state index >= 15 is 0 Å². The predicted molar refractivity (Wildman–Crippen MR) is 100 cm³/mol. The molecule has 1 saturated heterocycles. The van der Waals surface area contributed by atoms with Gasteiger partial charge in [-0.2, -0.15) is 0 Å². The largest absolute Gasteiger partial charge is 0.493 e. The monoisotopic (exact) mass is 380 g/mol. The van der Waals surface area contributed by atoms with Crippen molar-refractivity contribution in [1.82, 2.24) is 4.90 Å². The molecule has 8 heteroatoms. The maximum absolute atomic E-state index is 12.6. The third kappa shape index (κ3) is 5.03. The number of hydrogen-bond donors (Lipinski definition) is 2. The number of quaternary nitrogens is 1. The lowest BCUT2D eigenvalue weighted by molar-refractivity contribution is -0.898. The van der Waals surface area contributed by atoms with Crippen LogP contribution in [0.3, 0.4) is 0 Å². The molecule has 1 heterocycles. The summed E-state index contributed by atoms with van der Waals surface area (Å²) in [6.07, 6.45) is 1.48. The molecule has 1 aliphatic heterocycles. The molecule has 27 heavy (non-hydrogen) atoms. The van der Waals surface area contributed by atoms with Gasteiger partial charge in [0.15, 0.2) is 18.0 Å². The highest BCUT2D eigenvalue weighted by atomic mass is 16.5. The Balaban J connectivity index is 1.99. The molecule has 1 fully saturated rings. The van der Waals surface area contributed by atoms with E-state index in [1.165, 1.54) is 4.90 Å². The molecule has 150 valence electrons. The van der Waals surface area contributed by atoms with Gasteiger partial charge in [-0.1, -0.05) is 0 Å². The first-order valence-corrected chi connectivity index (χ1v) is 9.05. The van der Waals surface area contributed by atoms with E-state index in [2.05, 4.69) is 0 Å². The molecule has 3 N–H and O–H groups in total. The summed E-state index contributed by atoms with van der Waals surface area (Å²) in [5.41, 5.74) is 6.21. The fourth-order valence-electron chi connectivity index (χ4n) is 3.47. The summed E-state index contributed by atoms with van der Waals surface area (Å²) >= 11 is 0. The number of likely N-dealkylation sites (N-methyl/N-ethyl adjacent to an activating group) is 1. The quantitative estimate of drug-likeness (QED) is 0.631. The molecule has 2 rings (SSSR count). The first kappa shape index (κ1) is 20.8. The van der Waals surface area contributed by atoms with E-state index < -0.39 is 0 Å². The van der Waals surface area contributed by atoms with Gasteiger partial charge in [0.05, 0.1) is 34.4 Å². The van der Waals surface area contributed by atoms with Crippen molar-refractivity contribution in [3.05, 3.63) is 17.7 Å². The molecule has 0 radical (unpaired) electrons. The van der Waals surface area contributed by atoms with E-state index in [4.69, 9.17) is 19.9 Å². The standard InChI is InChI=1S/C19H29N3O5/c1-21(16(23)12-22-9-7-13(8-10-22)19(20)24)11-14-5-6-15(25-2)18(27-4)17(14)26-3/h5-6,13H,7-12H2,1-4H3,(H2,20,24)/p+1. The molecule has 1 aliphatic rings. The van der Waals surface area contributed by atoms with E-state index in [0.29, 0.717) is 30.3 Å². The molecule has 0 saturated carbocycles. The predicted octanol–water partition coefficient (Wildman–Crippen LogP) is -0.549. The number of likely N-dealkylation sites (tertiary alicyclic amines) is 1. The number of nitrogens with two attached hydrogens (primary N) is 1. The number of methoxy groups -OCH3 is 3. The van der Waals surface area contributed by atoms with E-state index in [-0.39, 0.29) is 17.7 Å². The Kier molecular flexibility index (Phi) is 7.29. The molecule has 2 amide bonds. The lowest BCUT2D eigenvalue weighted by atomic mass is 9.96. The van der Waals surface area contributed by atoms with Crippen molar-refractivity contribution in [3.63, 3.8) is 0 Å². The number of amides is 2. The second-order valence-corrected chi connectivity index (χ2v) is 6.85. The average Bonchev–Trinajstić information content (AvgIpc) is 2.67. The van der Waals surface area contributed by atoms with Gasteiger partial charge in [0.1, 0.15) is 0 Å². The minimum absolute atomic E-state index is 0.0411. The van der Waals surface area contributed by atoms with E-state index in [9.17, 15) is 9.59 Å². The normalized spacial score (nSPS) is 19.3. The summed E-state index contributed by atoms with van der Waals surface area (Å²) < 4.78 is 16.2. The highest BCUT2D eigenvalue weighted by Gasteiger charge is 2.28. The summed E-state index contributed by atoms with van der Waals surface area (Å²) in [7, 11) is 6.46. The van der Waals surface area contributed by atoms with Gasteiger partial charge in [0, 0.05) is 37.9 Å². The number of carbonyl (C=O) groups excluding carboxylic acids is 2. The van der Waals surface area contributed by atoms with Crippen LogP contribution in [-0.4, -0.2) is 64.7 Å². The van der Waals surface area contributed by atoms with Crippen molar-refractivity contribution >= 4 is 11.8 Å². The molecular weight excluding hydrogens is 350 g/mol. The molecule has 0 bridgehead atoms. The van der Waals surface area contributed by atoms with Crippen LogP contribution in [0.15, 0.2) is 12.1 Å². The number of ether oxygens (including phenoxy) is 3. The minimum Gasteiger partial charge on any atom is -0.493 e. The molecule has 0 atom stereocenters. The third-order valence-electron chi connectivity index (χ3n) is 5.12. The molecule has 1 aromatic rings. The van der Waals surface area contributed by atoms with Crippen molar-refractivity contribution in [1.29, 1.82) is 0 Å². The summed E-state index contributed by atoms with van der Waals surface area (Å²) in [6.45, 7) is 2.37. The van der Waals surface area contributed by atoms with Crippen molar-refractivity contribution in [3.8, 4) is 17.2 Å². The summed E-state index contributed by atoms with van der Waals surface area (Å²) in [5, 5.41) is 0. The van der Waals surface area contributed by atoms with Gasteiger partial charge in [0.2, 0.25) is 11.7 Å². The molecule has 1 aromatic carbocycles. The Morgan fingerprint density at radius 1 is 1.11 bits per heavy atom. The van der Waals surface area contributed by atoms with Crippen LogP contribution in [0.2, 0.25) is 0 Å². The topological polar surface area (TPSA) is 95.5 Å². The Morgan fingerprint density at radius 2 is 1.74 bits per heavy atom. The number of hydrogen-bond acceptors (Lipinski definition) is 5. The van der Waals surface area contributed by atoms with Crippen molar-refractivity contribution in [2.45, 2.75) is 19.4 Å². The number of primary amides is 1. The third-order valence-corrected chi connectivity index (χ3v) is 5.12. The van der Waals surface area contributed by atoms with Gasteiger partial charge in [-0.3, -0.25) is 9.59 Å². The summed E-state index contributed by atoms with van der Waals surface area (Å²) in [6, 6.07) is 3.67. The van der Waals surface area contributed by atoms with Crippen LogP contribution in [0.25, 0.3) is 0 Å². The Labute approximate surface area is 160 Å². The van der Waals surface area contributed by atoms with Crippen molar-refractivity contribution in [2.75, 3.05) is 48.0 Å². The van der Waals surface area contributed by atoms with Gasteiger partial charge in [-0.25, -0.2) is 0 Å². The Morgan fingerprint density at radius 3 is 2.26 bits per heavy atom. The van der Waals surface area contributed by atoms with Gasteiger partial charge < -0.3 is 29.7 Å². The lowest BCUT2D eigenvalue weighted by Crippen LogP contribution is -3.14. The van der Waals surface area contributed by atoms with Crippen LogP contribution in [-0.2, 0) is 16.1 Å². The maximum atomic E-state index is 12.6. The minimum atomic E-state index is -0.238.